The molecule has 0 atom stereocenters. The molecule has 0 bridgehead atoms. The third kappa shape index (κ3) is 10.3. The van der Waals surface area contributed by atoms with Crippen LogP contribution in [0, 0.1) is 0 Å². The van der Waals surface area contributed by atoms with Gasteiger partial charge in [-0.15, -0.1) is 0 Å². The highest BCUT2D eigenvalue weighted by Gasteiger charge is 2.40. The number of allylic oxidation sites excluding steroid dienone is 6. The Kier molecular flexibility index (Phi) is 14.7. The van der Waals surface area contributed by atoms with E-state index in [1.54, 1.807) is 32.2 Å². The van der Waals surface area contributed by atoms with Gasteiger partial charge in [-0.3, -0.25) is 9.59 Å². The SMILES string of the molecule is C=C(C)/C(=C\C(=C/C)C(=O)NCCN1CCC2(CCO2)CC1)NC(=O)/C(=C/N)c1ncc(C(/C=C/CC)=C2\CCCN2C)[nH]1.CCC. The Balaban J connectivity index is 0.00000192. The Morgan fingerprint density at radius 2 is 1.87 bits per heavy atom. The summed E-state index contributed by atoms with van der Waals surface area (Å²) in [6, 6.07) is 0. The molecule has 3 saturated heterocycles. The molecule has 3 aliphatic rings. The molecular formula is C37H57N7O3. The van der Waals surface area contributed by atoms with E-state index in [0.29, 0.717) is 29.2 Å². The molecular weight excluding hydrogens is 590 g/mol. The maximum absolute atomic E-state index is 13.4. The van der Waals surface area contributed by atoms with Gasteiger partial charge in [-0.1, -0.05) is 52.0 Å². The minimum absolute atomic E-state index is 0.114. The van der Waals surface area contributed by atoms with Gasteiger partial charge in [-0.25, -0.2) is 4.98 Å². The average molecular weight is 648 g/mol. The van der Waals surface area contributed by atoms with Gasteiger partial charge in [0, 0.05) is 68.5 Å². The largest absolute Gasteiger partial charge is 0.404 e. The minimum Gasteiger partial charge on any atom is -0.404 e. The lowest BCUT2D eigenvalue weighted by molar-refractivity contribution is -0.172. The number of carbonyl (C=O) groups excluding carboxylic acids is 2. The Hall–Kier alpha value is -3.89. The van der Waals surface area contributed by atoms with Gasteiger partial charge < -0.3 is 35.9 Å². The minimum atomic E-state index is -0.451. The van der Waals surface area contributed by atoms with Crippen LogP contribution in [-0.2, 0) is 14.3 Å². The van der Waals surface area contributed by atoms with Crippen LogP contribution in [0.3, 0.4) is 0 Å². The maximum atomic E-state index is 13.4. The zero-order valence-corrected chi connectivity index (χ0v) is 29.5. The lowest BCUT2D eigenvalue weighted by Gasteiger charge is -2.47. The van der Waals surface area contributed by atoms with E-state index in [2.05, 4.69) is 77.0 Å². The van der Waals surface area contributed by atoms with Crippen LogP contribution in [0.5, 0.6) is 0 Å². The first kappa shape index (κ1) is 37.6. The van der Waals surface area contributed by atoms with Crippen molar-refractivity contribution in [3.05, 3.63) is 77.3 Å². The summed E-state index contributed by atoms with van der Waals surface area (Å²) >= 11 is 0. The van der Waals surface area contributed by atoms with Crippen LogP contribution < -0.4 is 16.4 Å². The molecule has 258 valence electrons. The molecule has 0 radical (unpaired) electrons. The summed E-state index contributed by atoms with van der Waals surface area (Å²) in [5.74, 6) is -0.298. The molecule has 0 saturated carbocycles. The molecule has 1 aromatic heterocycles. The van der Waals surface area contributed by atoms with Crippen LogP contribution in [0.2, 0.25) is 0 Å². The predicted octanol–water partition coefficient (Wildman–Crippen LogP) is 5.42. The molecule has 10 nitrogen and oxygen atoms in total. The first-order valence-electron chi connectivity index (χ1n) is 17.2. The number of H-pyrrole nitrogens is 1. The van der Waals surface area contributed by atoms with Crippen molar-refractivity contribution in [1.29, 1.82) is 0 Å². The second-order valence-corrected chi connectivity index (χ2v) is 12.5. The van der Waals surface area contributed by atoms with Crippen molar-refractivity contribution in [2.45, 2.75) is 85.2 Å². The highest BCUT2D eigenvalue weighted by molar-refractivity contribution is 6.19. The molecule has 0 unspecified atom stereocenters. The van der Waals surface area contributed by atoms with Crippen molar-refractivity contribution in [3.63, 3.8) is 0 Å². The highest BCUT2D eigenvalue weighted by Crippen LogP contribution is 2.36. The van der Waals surface area contributed by atoms with Gasteiger partial charge in [0.2, 0.25) is 0 Å². The van der Waals surface area contributed by atoms with Gasteiger partial charge in [0.1, 0.15) is 5.82 Å². The number of ether oxygens (including phenoxy) is 1. The quantitative estimate of drug-likeness (QED) is 0.176. The number of amides is 2. The number of piperidine rings is 1. The molecule has 5 N–H and O–H groups in total. The number of carbonyl (C=O) groups is 2. The summed E-state index contributed by atoms with van der Waals surface area (Å²) in [6.45, 7) is 19.1. The van der Waals surface area contributed by atoms with Gasteiger partial charge in [0.05, 0.1) is 29.7 Å². The summed E-state index contributed by atoms with van der Waals surface area (Å²) in [7, 11) is 2.09. The number of hydrogen-bond donors (Lipinski definition) is 4. The molecule has 1 aromatic rings. The summed E-state index contributed by atoms with van der Waals surface area (Å²) in [4.78, 5) is 38.9. The van der Waals surface area contributed by atoms with Crippen LogP contribution in [0.15, 0.2) is 65.8 Å². The second-order valence-electron chi connectivity index (χ2n) is 12.5. The fourth-order valence-corrected chi connectivity index (χ4v) is 5.87. The number of hydrogen-bond acceptors (Lipinski definition) is 7. The third-order valence-electron chi connectivity index (χ3n) is 8.76. The van der Waals surface area contributed by atoms with Crippen molar-refractivity contribution >= 4 is 23.0 Å². The molecule has 3 aliphatic heterocycles. The number of imidazole rings is 1. The van der Waals surface area contributed by atoms with Crippen molar-refractivity contribution in [2.24, 2.45) is 5.73 Å². The van der Waals surface area contributed by atoms with E-state index in [1.807, 2.05) is 0 Å². The number of nitrogens with zero attached hydrogens (tertiary/aromatic N) is 3. The fourth-order valence-electron chi connectivity index (χ4n) is 5.87. The van der Waals surface area contributed by atoms with E-state index < -0.39 is 5.91 Å². The van der Waals surface area contributed by atoms with E-state index in [4.69, 9.17) is 10.5 Å². The highest BCUT2D eigenvalue weighted by atomic mass is 16.5. The first-order valence-corrected chi connectivity index (χ1v) is 17.2. The molecule has 4 heterocycles. The Bertz CT molecular complexity index is 1380. The molecule has 3 fully saturated rings. The lowest BCUT2D eigenvalue weighted by atomic mass is 9.84. The van der Waals surface area contributed by atoms with E-state index in [1.165, 1.54) is 18.3 Å². The van der Waals surface area contributed by atoms with Gasteiger partial charge in [0.25, 0.3) is 11.8 Å². The number of nitrogens with two attached hydrogens (primary N) is 1. The number of nitrogens with one attached hydrogen (secondary N) is 3. The summed E-state index contributed by atoms with van der Waals surface area (Å²) in [5.41, 5.74) is 10.8. The molecule has 1 spiro atoms. The monoisotopic (exact) mass is 647 g/mol. The van der Waals surface area contributed by atoms with E-state index in [0.717, 1.165) is 82.6 Å². The number of aromatic amines is 1. The number of rotatable bonds is 12. The van der Waals surface area contributed by atoms with Gasteiger partial charge in [0.15, 0.2) is 0 Å². The van der Waals surface area contributed by atoms with E-state index in [9.17, 15) is 9.59 Å². The number of aromatic nitrogens is 2. The summed E-state index contributed by atoms with van der Waals surface area (Å²) in [6.07, 6.45) is 18.1. The van der Waals surface area contributed by atoms with Gasteiger partial charge in [-0.05, 0) is 64.0 Å². The molecule has 0 aliphatic carbocycles. The standard InChI is InChI=1S/C34H49N7O3.C3H8/c1-6-8-10-26(30-11-9-16-40(30)5)29-23-37-31(38-29)27(22-35)33(43)39-28(24(3)4)21-25(7-2)32(42)36-15-19-41-17-12-34(13-18-41)14-20-44-34;1-3-2/h7-8,10,21-23H,3,6,9,11-20,35H2,1-2,4-5H3,(H,36,42)(H,37,38)(H,39,43);3H2,1-2H3/b10-8+,25-7+,27-22+,28-21+,30-26+;. The topological polar surface area (TPSA) is 129 Å². The van der Waals surface area contributed by atoms with Crippen molar-refractivity contribution in [2.75, 3.05) is 46.4 Å². The van der Waals surface area contributed by atoms with Crippen LogP contribution in [0.25, 0.3) is 11.1 Å². The van der Waals surface area contributed by atoms with Crippen LogP contribution in [-0.4, -0.2) is 83.6 Å². The Morgan fingerprint density at radius 1 is 1.17 bits per heavy atom. The normalized spacial score (nSPS) is 19.7. The maximum Gasteiger partial charge on any atom is 0.260 e. The first-order chi connectivity index (χ1) is 22.6. The Labute approximate surface area is 282 Å². The van der Waals surface area contributed by atoms with Crippen LogP contribution in [0.1, 0.15) is 91.1 Å². The molecule has 2 amide bonds. The summed E-state index contributed by atoms with van der Waals surface area (Å²) in [5, 5.41) is 5.90. The smallest absolute Gasteiger partial charge is 0.260 e. The fraction of sp³-hybridized carbons (Fsp3) is 0.541. The van der Waals surface area contributed by atoms with Gasteiger partial charge >= 0.3 is 0 Å². The Morgan fingerprint density at radius 3 is 2.40 bits per heavy atom. The van der Waals surface area contributed by atoms with Crippen LogP contribution >= 0.6 is 0 Å². The van der Waals surface area contributed by atoms with Crippen LogP contribution in [0.4, 0.5) is 0 Å². The lowest BCUT2D eigenvalue weighted by Crippen LogP contribution is -2.53. The van der Waals surface area contributed by atoms with E-state index in [-0.39, 0.29) is 17.1 Å². The van der Waals surface area contributed by atoms with Gasteiger partial charge in [-0.2, -0.15) is 0 Å². The predicted molar refractivity (Wildman–Crippen MR) is 192 cm³/mol. The average Bonchev–Trinajstić information content (AvgIpc) is 3.69. The molecule has 47 heavy (non-hydrogen) atoms. The molecule has 10 heteroatoms. The molecule has 4 rings (SSSR count). The summed E-state index contributed by atoms with van der Waals surface area (Å²) < 4.78 is 5.80. The van der Waals surface area contributed by atoms with Crippen molar-refractivity contribution in [1.82, 2.24) is 30.4 Å². The molecule has 0 aromatic carbocycles. The van der Waals surface area contributed by atoms with E-state index >= 15 is 0 Å². The van der Waals surface area contributed by atoms with Crippen molar-refractivity contribution in [3.8, 4) is 0 Å². The zero-order valence-electron chi connectivity index (χ0n) is 29.5. The second kappa shape index (κ2) is 18.4. The number of likely N-dealkylation sites (tertiary alicyclic amines) is 2. The zero-order chi connectivity index (χ0) is 34.4. The van der Waals surface area contributed by atoms with Crippen molar-refractivity contribution < 1.29 is 14.3 Å². The third-order valence-corrected chi connectivity index (χ3v) is 8.76.